The Labute approximate surface area is 165 Å². The molecule has 150 valence electrons. The zero-order valence-electron chi connectivity index (χ0n) is 16.5. The first-order valence-corrected chi connectivity index (χ1v) is 9.31. The van der Waals surface area contributed by atoms with Crippen molar-refractivity contribution in [1.82, 2.24) is 24.3 Å². The van der Waals surface area contributed by atoms with Crippen LogP contribution in [0.15, 0.2) is 40.2 Å². The first-order valence-electron chi connectivity index (χ1n) is 9.31. The molecule has 3 aromatic heterocycles. The van der Waals surface area contributed by atoms with Crippen molar-refractivity contribution >= 4 is 11.6 Å². The Morgan fingerprint density at radius 1 is 1.24 bits per heavy atom. The molecule has 4 aromatic rings. The highest BCUT2D eigenvalue weighted by molar-refractivity contribution is 6.03. The maximum absolute atomic E-state index is 14.5. The number of hydrogen-bond donors (Lipinski definition) is 0. The highest BCUT2D eigenvalue weighted by atomic mass is 19.1. The van der Waals surface area contributed by atoms with E-state index in [1.165, 1.54) is 18.4 Å². The number of benzene rings is 1. The first-order chi connectivity index (χ1) is 13.9. The predicted molar refractivity (Wildman–Crippen MR) is 104 cm³/mol. The summed E-state index contributed by atoms with van der Waals surface area (Å²) in [5.41, 5.74) is 1.59. The van der Waals surface area contributed by atoms with Crippen molar-refractivity contribution in [2.75, 3.05) is 0 Å². The summed E-state index contributed by atoms with van der Waals surface area (Å²) in [5.74, 6) is 0.490. The third-order valence-electron chi connectivity index (χ3n) is 4.60. The lowest BCUT2D eigenvalue weighted by Crippen LogP contribution is -2.09. The molecule has 0 radical (unpaired) electrons. The Balaban J connectivity index is 1.93. The van der Waals surface area contributed by atoms with Gasteiger partial charge in [0.2, 0.25) is 0 Å². The van der Waals surface area contributed by atoms with Gasteiger partial charge in [-0.25, -0.2) is 13.5 Å². The molecule has 0 amide bonds. The molecule has 9 heteroatoms. The molecule has 0 aliphatic carbocycles. The number of rotatable bonds is 5. The zero-order valence-corrected chi connectivity index (χ0v) is 16.5. The molecule has 0 spiro atoms. The molecule has 0 unspecified atom stereocenters. The van der Waals surface area contributed by atoms with Gasteiger partial charge in [0.05, 0.1) is 11.4 Å². The van der Waals surface area contributed by atoms with E-state index in [1.807, 2.05) is 20.8 Å². The summed E-state index contributed by atoms with van der Waals surface area (Å²) in [5, 5.41) is 13.2. The number of aromatic nitrogens is 5. The molecule has 0 fully saturated rings. The van der Waals surface area contributed by atoms with Crippen LogP contribution in [0.25, 0.3) is 17.1 Å². The maximum atomic E-state index is 14.5. The maximum Gasteiger partial charge on any atom is 0.306 e. The molecule has 3 heterocycles. The van der Waals surface area contributed by atoms with Crippen molar-refractivity contribution in [2.45, 2.75) is 40.0 Å². The fourth-order valence-electron chi connectivity index (χ4n) is 3.21. The fraction of sp³-hybridized carbons (Fsp3) is 0.300. The van der Waals surface area contributed by atoms with E-state index in [4.69, 9.17) is 9.52 Å². The van der Waals surface area contributed by atoms with Crippen LogP contribution in [0.4, 0.5) is 8.78 Å². The van der Waals surface area contributed by atoms with Crippen LogP contribution < -0.4 is 0 Å². The Morgan fingerprint density at radius 3 is 2.72 bits per heavy atom. The molecule has 4 rings (SSSR count). The smallest absolute Gasteiger partial charge is 0.306 e. The van der Waals surface area contributed by atoms with Crippen molar-refractivity contribution < 1.29 is 13.2 Å². The minimum Gasteiger partial charge on any atom is -0.432 e. The average Bonchev–Trinajstić information content (AvgIpc) is 3.35. The van der Waals surface area contributed by atoms with Crippen molar-refractivity contribution in [1.29, 1.82) is 0 Å². The molecule has 0 aliphatic heterocycles. The third kappa shape index (κ3) is 3.22. The van der Waals surface area contributed by atoms with Crippen molar-refractivity contribution in [3.05, 3.63) is 59.6 Å². The van der Waals surface area contributed by atoms with E-state index in [9.17, 15) is 8.78 Å². The number of fused-ring (bicyclic) bond motifs is 1. The second-order valence-electron chi connectivity index (χ2n) is 6.97. The van der Waals surface area contributed by atoms with Crippen LogP contribution in [-0.2, 0) is 6.42 Å². The average molecular weight is 398 g/mol. The van der Waals surface area contributed by atoms with Crippen LogP contribution in [0.1, 0.15) is 51.0 Å². The molecule has 1 aromatic carbocycles. The second kappa shape index (κ2) is 7.23. The quantitative estimate of drug-likeness (QED) is 0.467. The van der Waals surface area contributed by atoms with Gasteiger partial charge in [-0.1, -0.05) is 20.8 Å². The largest absolute Gasteiger partial charge is 0.432 e. The number of nitrogens with zero attached hydrogens (tertiary/aromatic N) is 6. The van der Waals surface area contributed by atoms with Gasteiger partial charge >= 0.3 is 5.84 Å². The van der Waals surface area contributed by atoms with E-state index in [0.717, 1.165) is 17.7 Å². The van der Waals surface area contributed by atoms with Gasteiger partial charge in [0, 0.05) is 30.2 Å². The zero-order chi connectivity index (χ0) is 20.7. The monoisotopic (exact) mass is 398 g/mol. The van der Waals surface area contributed by atoms with Gasteiger partial charge < -0.3 is 4.42 Å². The first kappa shape index (κ1) is 19.0. The molecular weight excluding hydrogens is 378 g/mol. The Morgan fingerprint density at radius 2 is 2.03 bits per heavy atom. The molecule has 7 nitrogen and oxygen atoms in total. The lowest BCUT2D eigenvalue weighted by atomic mass is 10.1. The minimum atomic E-state index is -0.707. The summed E-state index contributed by atoms with van der Waals surface area (Å²) < 4.78 is 36.7. The summed E-state index contributed by atoms with van der Waals surface area (Å²) in [6, 6.07) is 3.39. The molecule has 0 atom stereocenters. The van der Waals surface area contributed by atoms with E-state index in [-0.39, 0.29) is 17.3 Å². The van der Waals surface area contributed by atoms with Gasteiger partial charge in [-0.3, -0.25) is 4.40 Å². The normalized spacial score (nSPS) is 12.4. The SMILES string of the molecule is CCc1nnc(C(C)C)n1/N=C(\C)c1c(-c2ccc(F)cc2F)nc2occn12. The van der Waals surface area contributed by atoms with Crippen molar-refractivity contribution in [2.24, 2.45) is 5.10 Å². The van der Waals surface area contributed by atoms with Crippen LogP contribution >= 0.6 is 0 Å². The van der Waals surface area contributed by atoms with Gasteiger partial charge in [0.25, 0.3) is 0 Å². The van der Waals surface area contributed by atoms with E-state index < -0.39 is 11.6 Å². The molecule has 0 saturated heterocycles. The lowest BCUT2D eigenvalue weighted by Gasteiger charge is -2.09. The van der Waals surface area contributed by atoms with Crippen LogP contribution in [0, 0.1) is 11.6 Å². The highest BCUT2D eigenvalue weighted by Crippen LogP contribution is 2.28. The van der Waals surface area contributed by atoms with Crippen molar-refractivity contribution in [3.8, 4) is 11.3 Å². The molecule has 0 saturated carbocycles. The van der Waals surface area contributed by atoms with Crippen LogP contribution in [0.3, 0.4) is 0 Å². The molecule has 0 N–H and O–H groups in total. The highest BCUT2D eigenvalue weighted by Gasteiger charge is 2.22. The number of hydrogen-bond acceptors (Lipinski definition) is 5. The molecular formula is C20H20F2N6O. The van der Waals surface area contributed by atoms with Gasteiger partial charge in [-0.2, -0.15) is 10.1 Å². The molecule has 0 aliphatic rings. The second-order valence-corrected chi connectivity index (χ2v) is 6.97. The van der Waals surface area contributed by atoms with Gasteiger partial charge in [-0.15, -0.1) is 10.2 Å². The molecule has 0 bridgehead atoms. The standard InChI is InChI=1S/C20H20F2N6O/c1-5-16-24-25-19(11(2)3)28(16)26-12(4)18-17(23-20-27(18)8-9-29-20)14-7-6-13(21)10-15(14)22/h6-11H,5H2,1-4H3/b26-12+. The van der Waals surface area contributed by atoms with Crippen LogP contribution in [0.2, 0.25) is 0 Å². The van der Waals surface area contributed by atoms with E-state index in [0.29, 0.717) is 23.5 Å². The van der Waals surface area contributed by atoms with Gasteiger partial charge in [0.15, 0.2) is 11.6 Å². The fourth-order valence-corrected chi connectivity index (χ4v) is 3.21. The summed E-state index contributed by atoms with van der Waals surface area (Å²) in [6.45, 7) is 7.79. The number of oxazole rings is 1. The summed E-state index contributed by atoms with van der Waals surface area (Å²) in [4.78, 5) is 4.40. The number of imidazole rings is 1. The van der Waals surface area contributed by atoms with Crippen LogP contribution in [-0.4, -0.2) is 30.0 Å². The van der Waals surface area contributed by atoms with E-state index in [2.05, 4.69) is 15.2 Å². The van der Waals surface area contributed by atoms with E-state index in [1.54, 1.807) is 22.2 Å². The minimum absolute atomic E-state index is 0.118. The Kier molecular flexibility index (Phi) is 4.73. The summed E-state index contributed by atoms with van der Waals surface area (Å²) in [7, 11) is 0. The summed E-state index contributed by atoms with van der Waals surface area (Å²) >= 11 is 0. The lowest BCUT2D eigenvalue weighted by molar-refractivity contribution is 0.585. The Bertz CT molecular complexity index is 1220. The third-order valence-corrected chi connectivity index (χ3v) is 4.60. The topological polar surface area (TPSA) is 73.5 Å². The number of halogens is 2. The van der Waals surface area contributed by atoms with Crippen LogP contribution in [0.5, 0.6) is 0 Å². The van der Waals surface area contributed by atoms with Gasteiger partial charge in [0.1, 0.15) is 23.6 Å². The van der Waals surface area contributed by atoms with Gasteiger partial charge in [-0.05, 0) is 19.1 Å². The Hall–Kier alpha value is -3.36. The summed E-state index contributed by atoms with van der Waals surface area (Å²) in [6.07, 6.45) is 3.82. The number of aryl methyl sites for hydroxylation is 1. The molecule has 29 heavy (non-hydrogen) atoms. The van der Waals surface area contributed by atoms with Crippen molar-refractivity contribution in [3.63, 3.8) is 0 Å². The predicted octanol–water partition coefficient (Wildman–Crippen LogP) is 4.42. The van der Waals surface area contributed by atoms with E-state index >= 15 is 0 Å².